The molecule has 1 aromatic rings. The lowest BCUT2D eigenvalue weighted by Crippen LogP contribution is -3.12. The zero-order valence-corrected chi connectivity index (χ0v) is 12.3. The zero-order valence-electron chi connectivity index (χ0n) is 11.5. The summed E-state index contributed by atoms with van der Waals surface area (Å²) in [5.74, 6) is 0. The van der Waals surface area contributed by atoms with E-state index in [2.05, 4.69) is 0 Å². The van der Waals surface area contributed by atoms with Crippen LogP contribution < -0.4 is 4.90 Å². The van der Waals surface area contributed by atoms with Gasteiger partial charge in [0.05, 0.1) is 43.0 Å². The minimum Gasteiger partial charge on any atom is -0.335 e. The molecule has 1 saturated heterocycles. The predicted octanol–water partition coefficient (Wildman–Crippen LogP) is -0.578. The van der Waals surface area contributed by atoms with Crippen LogP contribution in [0.15, 0.2) is 23.1 Å². The molecule has 1 fully saturated rings. The summed E-state index contributed by atoms with van der Waals surface area (Å²) in [4.78, 5) is 11.5. The van der Waals surface area contributed by atoms with E-state index >= 15 is 0 Å². The number of piperazine rings is 1. The van der Waals surface area contributed by atoms with Crippen LogP contribution in [-0.2, 0) is 10.0 Å². The molecule has 0 radical (unpaired) electrons. The van der Waals surface area contributed by atoms with Crippen LogP contribution in [0.4, 0.5) is 5.69 Å². The highest BCUT2D eigenvalue weighted by molar-refractivity contribution is 7.89. The number of quaternary nitrogens is 1. The zero-order chi connectivity index (χ0) is 14.9. The van der Waals surface area contributed by atoms with E-state index in [0.29, 0.717) is 18.7 Å². The molecule has 0 amide bonds. The van der Waals surface area contributed by atoms with Crippen LogP contribution in [0.2, 0.25) is 0 Å². The number of rotatable bonds is 3. The van der Waals surface area contributed by atoms with E-state index in [9.17, 15) is 18.5 Å². The van der Waals surface area contributed by atoms with Crippen molar-refractivity contribution in [2.45, 2.75) is 11.8 Å². The van der Waals surface area contributed by atoms with Gasteiger partial charge in [0, 0.05) is 12.1 Å². The van der Waals surface area contributed by atoms with E-state index in [1.54, 1.807) is 6.92 Å². The number of hydrogen-bond donors (Lipinski definition) is 1. The van der Waals surface area contributed by atoms with Gasteiger partial charge in [0.1, 0.15) is 0 Å². The molecule has 8 heteroatoms. The standard InChI is InChI=1S/C12H17N3O4S/c1-10-3-4-11(15(16)17)9-12(10)20(18,19)14-7-5-13(2)6-8-14/h3-4,9H,5-8H2,1-2H3/p+1. The van der Waals surface area contributed by atoms with E-state index in [1.165, 1.54) is 21.3 Å². The quantitative estimate of drug-likeness (QED) is 0.598. The first kappa shape index (κ1) is 14.9. The van der Waals surface area contributed by atoms with Gasteiger partial charge in [-0.25, -0.2) is 8.42 Å². The summed E-state index contributed by atoms with van der Waals surface area (Å²) in [6, 6.07) is 3.95. The molecule has 1 aromatic carbocycles. The second-order valence-corrected chi connectivity index (χ2v) is 6.97. The number of likely N-dealkylation sites (N-methyl/N-ethyl adjacent to an activating group) is 1. The summed E-state index contributed by atoms with van der Waals surface area (Å²) in [5, 5.41) is 10.8. The molecule has 7 nitrogen and oxygen atoms in total. The SMILES string of the molecule is Cc1ccc([N+](=O)[O-])cc1S(=O)(=O)N1CC[NH+](C)CC1. The van der Waals surface area contributed by atoms with Gasteiger partial charge in [-0.2, -0.15) is 4.31 Å². The number of nitro benzene ring substituents is 1. The topological polar surface area (TPSA) is 85.0 Å². The van der Waals surface area contributed by atoms with Crippen molar-refractivity contribution in [3.8, 4) is 0 Å². The van der Waals surface area contributed by atoms with Crippen LogP contribution in [0.3, 0.4) is 0 Å². The van der Waals surface area contributed by atoms with Gasteiger partial charge >= 0.3 is 0 Å². The minimum absolute atomic E-state index is 0.0336. The lowest BCUT2D eigenvalue weighted by Gasteiger charge is -2.29. The Morgan fingerprint density at radius 1 is 1.30 bits per heavy atom. The van der Waals surface area contributed by atoms with E-state index in [1.807, 2.05) is 7.05 Å². The summed E-state index contributed by atoms with van der Waals surface area (Å²) in [6.07, 6.45) is 0. The highest BCUT2D eigenvalue weighted by Crippen LogP contribution is 2.24. The van der Waals surface area contributed by atoms with Crippen molar-refractivity contribution in [2.75, 3.05) is 33.2 Å². The second-order valence-electron chi connectivity index (χ2n) is 5.07. The van der Waals surface area contributed by atoms with Crippen LogP contribution >= 0.6 is 0 Å². The number of hydrogen-bond acceptors (Lipinski definition) is 4. The third-order valence-electron chi connectivity index (χ3n) is 3.58. The largest absolute Gasteiger partial charge is 0.335 e. The molecule has 0 aromatic heterocycles. The second kappa shape index (κ2) is 5.47. The van der Waals surface area contributed by atoms with Crippen LogP contribution in [0.25, 0.3) is 0 Å². The summed E-state index contributed by atoms with van der Waals surface area (Å²) >= 11 is 0. The molecule has 0 spiro atoms. The molecule has 0 aliphatic carbocycles. The molecule has 2 rings (SSSR count). The Bertz CT molecular complexity index is 622. The number of non-ortho nitro benzene ring substituents is 1. The van der Waals surface area contributed by atoms with Crippen molar-refractivity contribution >= 4 is 15.7 Å². The van der Waals surface area contributed by atoms with E-state index < -0.39 is 14.9 Å². The van der Waals surface area contributed by atoms with Crippen molar-refractivity contribution in [3.05, 3.63) is 33.9 Å². The Morgan fingerprint density at radius 2 is 1.90 bits per heavy atom. The molecule has 0 saturated carbocycles. The van der Waals surface area contributed by atoms with Gasteiger partial charge in [-0.05, 0) is 12.5 Å². The third kappa shape index (κ3) is 2.82. The average Bonchev–Trinajstić information content (AvgIpc) is 2.39. The average molecular weight is 300 g/mol. The molecule has 0 atom stereocenters. The Morgan fingerprint density at radius 3 is 2.45 bits per heavy atom. The summed E-state index contributed by atoms with van der Waals surface area (Å²) in [6.45, 7) is 4.02. The fourth-order valence-corrected chi connectivity index (χ4v) is 3.91. The highest BCUT2D eigenvalue weighted by atomic mass is 32.2. The van der Waals surface area contributed by atoms with Crippen LogP contribution in [0, 0.1) is 17.0 Å². The number of benzene rings is 1. The molecular formula is C12H18N3O4S+. The molecule has 1 N–H and O–H groups in total. The summed E-state index contributed by atoms with van der Waals surface area (Å²) < 4.78 is 26.6. The smallest absolute Gasteiger partial charge is 0.270 e. The highest BCUT2D eigenvalue weighted by Gasteiger charge is 2.31. The van der Waals surface area contributed by atoms with Crippen molar-refractivity contribution in [2.24, 2.45) is 0 Å². The van der Waals surface area contributed by atoms with Gasteiger partial charge in [-0.3, -0.25) is 10.1 Å². The maximum Gasteiger partial charge on any atom is 0.270 e. The molecule has 1 heterocycles. The summed E-state index contributed by atoms with van der Waals surface area (Å²) in [7, 11) is -1.64. The normalized spacial score (nSPS) is 18.1. The fourth-order valence-electron chi connectivity index (χ4n) is 2.23. The first-order chi connectivity index (χ1) is 9.32. The number of sulfonamides is 1. The number of nitro groups is 1. The Kier molecular flexibility index (Phi) is 4.07. The molecule has 20 heavy (non-hydrogen) atoms. The number of nitrogens with zero attached hydrogens (tertiary/aromatic N) is 2. The van der Waals surface area contributed by atoms with E-state index in [0.717, 1.165) is 19.2 Å². The van der Waals surface area contributed by atoms with Gasteiger partial charge in [-0.1, -0.05) is 6.07 Å². The van der Waals surface area contributed by atoms with Gasteiger partial charge in [0.2, 0.25) is 10.0 Å². The molecule has 110 valence electrons. The van der Waals surface area contributed by atoms with Crippen LogP contribution in [0.1, 0.15) is 5.56 Å². The summed E-state index contributed by atoms with van der Waals surface area (Å²) in [5.41, 5.74) is 0.329. The Balaban J connectivity index is 2.38. The molecule has 1 aliphatic rings. The Labute approximate surface area is 118 Å². The van der Waals surface area contributed by atoms with Crippen LogP contribution in [-0.4, -0.2) is 50.9 Å². The number of aryl methyl sites for hydroxylation is 1. The van der Waals surface area contributed by atoms with Crippen molar-refractivity contribution < 1.29 is 18.2 Å². The first-order valence-electron chi connectivity index (χ1n) is 6.39. The minimum atomic E-state index is -3.66. The van der Waals surface area contributed by atoms with Crippen LogP contribution in [0.5, 0.6) is 0 Å². The van der Waals surface area contributed by atoms with Crippen molar-refractivity contribution in [1.82, 2.24) is 4.31 Å². The monoisotopic (exact) mass is 300 g/mol. The van der Waals surface area contributed by atoms with Crippen molar-refractivity contribution in [1.29, 1.82) is 0 Å². The predicted molar refractivity (Wildman–Crippen MR) is 73.2 cm³/mol. The molecule has 1 aliphatic heterocycles. The molecule has 0 unspecified atom stereocenters. The maximum atomic E-state index is 12.6. The molecular weight excluding hydrogens is 282 g/mol. The maximum absolute atomic E-state index is 12.6. The van der Waals surface area contributed by atoms with Crippen molar-refractivity contribution in [3.63, 3.8) is 0 Å². The van der Waals surface area contributed by atoms with E-state index in [-0.39, 0.29) is 10.6 Å². The third-order valence-corrected chi connectivity index (χ3v) is 5.62. The fraction of sp³-hybridized carbons (Fsp3) is 0.500. The van der Waals surface area contributed by atoms with Gasteiger partial charge in [0.15, 0.2) is 0 Å². The first-order valence-corrected chi connectivity index (χ1v) is 7.83. The number of nitrogens with one attached hydrogen (secondary N) is 1. The molecule has 0 bridgehead atoms. The van der Waals surface area contributed by atoms with Gasteiger partial charge in [-0.15, -0.1) is 0 Å². The Hall–Kier alpha value is -1.51. The lowest BCUT2D eigenvalue weighted by molar-refractivity contribution is -0.883. The van der Waals surface area contributed by atoms with Gasteiger partial charge < -0.3 is 4.90 Å². The lowest BCUT2D eigenvalue weighted by atomic mass is 10.2. The van der Waals surface area contributed by atoms with E-state index in [4.69, 9.17) is 0 Å². The van der Waals surface area contributed by atoms with Gasteiger partial charge in [0.25, 0.3) is 5.69 Å².